The van der Waals surface area contributed by atoms with E-state index in [1.54, 1.807) is 7.11 Å². The maximum absolute atomic E-state index is 14.1. The highest BCUT2D eigenvalue weighted by Gasteiger charge is 2.54. The third kappa shape index (κ3) is 3.82. The van der Waals surface area contributed by atoms with Crippen molar-refractivity contribution >= 4 is 5.91 Å². The van der Waals surface area contributed by atoms with Crippen LogP contribution in [0.15, 0.2) is 42.5 Å². The highest BCUT2D eigenvalue weighted by atomic mass is 19.1. The summed E-state index contributed by atoms with van der Waals surface area (Å²) in [5.74, 6) is -0.0729. The minimum absolute atomic E-state index is 0.0176. The molecule has 0 spiro atoms. The van der Waals surface area contributed by atoms with Crippen LogP contribution in [0.3, 0.4) is 0 Å². The predicted octanol–water partition coefficient (Wildman–Crippen LogP) is 4.20. The van der Waals surface area contributed by atoms with Gasteiger partial charge in [-0.15, -0.1) is 0 Å². The number of ether oxygens (including phenoxy) is 1. The molecule has 1 N–H and O–H groups in total. The average molecular weight is 427 g/mol. The van der Waals surface area contributed by atoms with Crippen LogP contribution in [0.2, 0.25) is 0 Å². The van der Waals surface area contributed by atoms with Crippen LogP contribution in [0.25, 0.3) is 0 Å². The van der Waals surface area contributed by atoms with Gasteiger partial charge in [-0.1, -0.05) is 18.2 Å². The van der Waals surface area contributed by atoms with Gasteiger partial charge in [-0.25, -0.2) is 8.78 Å². The average Bonchev–Trinajstić information content (AvgIpc) is 3.49. The number of carbonyl (C=O) groups excluding carboxylic acids is 1. The second-order valence-corrected chi connectivity index (χ2v) is 9.40. The van der Waals surface area contributed by atoms with Gasteiger partial charge in [-0.2, -0.15) is 0 Å². The van der Waals surface area contributed by atoms with Gasteiger partial charge in [0.1, 0.15) is 17.4 Å². The molecule has 2 aromatic carbocycles. The topological polar surface area (TPSA) is 49.8 Å². The number of hydrogen-bond donors (Lipinski definition) is 1. The zero-order valence-corrected chi connectivity index (χ0v) is 17.6. The number of fused-ring (bicyclic) bond motifs is 2. The molecule has 164 valence electrons. The molecule has 2 bridgehead atoms. The minimum atomic E-state index is -1.07. The zero-order valence-electron chi connectivity index (χ0n) is 17.6. The lowest BCUT2D eigenvalue weighted by molar-refractivity contribution is -0.142. The number of nitrogens with zero attached hydrogens (tertiary/aromatic N) is 1. The number of carbonyl (C=O) groups is 1. The fourth-order valence-electron chi connectivity index (χ4n) is 5.75. The number of halogens is 2. The molecule has 31 heavy (non-hydrogen) atoms. The van der Waals surface area contributed by atoms with Crippen molar-refractivity contribution in [3.05, 3.63) is 65.2 Å². The summed E-state index contributed by atoms with van der Waals surface area (Å²) in [6.07, 6.45) is 3.57. The SMILES string of the molecule is COc1cccc([C@H]2C[C@H]2C(=O)N2[C@H]3CC[C@H]2CC(O)(Cc2ccc(F)cc2F)C3)c1. The second-order valence-electron chi connectivity index (χ2n) is 9.40. The fraction of sp³-hybridized carbons (Fsp3) is 0.480. The first-order chi connectivity index (χ1) is 14.9. The van der Waals surface area contributed by atoms with Gasteiger partial charge in [0.05, 0.1) is 12.7 Å². The first-order valence-corrected chi connectivity index (χ1v) is 11.0. The highest BCUT2D eigenvalue weighted by Crippen LogP contribution is 2.52. The number of methoxy groups -OCH3 is 1. The second kappa shape index (κ2) is 7.59. The van der Waals surface area contributed by atoms with Crippen LogP contribution >= 0.6 is 0 Å². The standard InChI is InChI=1S/C25H27F2NO3/c1-31-20-4-2-3-15(9-20)21-11-22(21)24(29)28-18-7-8-19(28)14-25(30,13-18)12-16-5-6-17(26)10-23(16)27/h2-6,9-10,18-19,21-22,30H,7-8,11-14H2,1H3/t18-,19-,21+,22+/m0/s1. The summed E-state index contributed by atoms with van der Waals surface area (Å²) in [5, 5.41) is 11.2. The third-order valence-corrected chi connectivity index (χ3v) is 7.27. The van der Waals surface area contributed by atoms with E-state index in [1.807, 2.05) is 29.2 Å². The number of aliphatic hydroxyl groups is 1. The Morgan fingerprint density at radius 3 is 2.58 bits per heavy atom. The summed E-state index contributed by atoms with van der Waals surface area (Å²) in [5.41, 5.74) is 0.380. The van der Waals surface area contributed by atoms with Crippen molar-refractivity contribution in [3.8, 4) is 5.75 Å². The summed E-state index contributed by atoms with van der Waals surface area (Å²) < 4.78 is 32.7. The van der Waals surface area contributed by atoms with E-state index in [0.29, 0.717) is 18.4 Å². The molecule has 1 amide bonds. The Morgan fingerprint density at radius 1 is 1.16 bits per heavy atom. The van der Waals surface area contributed by atoms with E-state index in [9.17, 15) is 18.7 Å². The molecule has 4 atom stereocenters. The molecule has 0 aromatic heterocycles. The molecular weight excluding hydrogens is 400 g/mol. The lowest BCUT2D eigenvalue weighted by Gasteiger charge is -2.44. The molecule has 6 heteroatoms. The minimum Gasteiger partial charge on any atom is -0.497 e. The van der Waals surface area contributed by atoms with E-state index in [-0.39, 0.29) is 36.2 Å². The monoisotopic (exact) mass is 427 g/mol. The fourth-order valence-corrected chi connectivity index (χ4v) is 5.75. The quantitative estimate of drug-likeness (QED) is 0.778. The van der Waals surface area contributed by atoms with Crippen molar-refractivity contribution in [2.75, 3.05) is 7.11 Å². The van der Waals surface area contributed by atoms with Crippen molar-refractivity contribution < 1.29 is 23.4 Å². The molecule has 2 aliphatic heterocycles. The molecule has 0 unspecified atom stereocenters. The van der Waals surface area contributed by atoms with Gasteiger partial charge in [-0.05, 0) is 67.3 Å². The molecule has 2 aromatic rings. The molecule has 3 fully saturated rings. The number of amides is 1. The first-order valence-electron chi connectivity index (χ1n) is 11.0. The van der Waals surface area contributed by atoms with Gasteiger partial charge >= 0.3 is 0 Å². The van der Waals surface area contributed by atoms with Crippen LogP contribution in [0.1, 0.15) is 49.1 Å². The Balaban J connectivity index is 1.27. The molecule has 4 nitrogen and oxygen atoms in total. The van der Waals surface area contributed by atoms with Crippen LogP contribution in [-0.2, 0) is 11.2 Å². The van der Waals surface area contributed by atoms with Crippen LogP contribution in [0.4, 0.5) is 8.78 Å². The maximum atomic E-state index is 14.1. The molecule has 2 heterocycles. The van der Waals surface area contributed by atoms with Crippen molar-refractivity contribution in [2.45, 2.75) is 62.1 Å². The summed E-state index contributed by atoms with van der Waals surface area (Å²) in [6.45, 7) is 0. The summed E-state index contributed by atoms with van der Waals surface area (Å²) >= 11 is 0. The van der Waals surface area contributed by atoms with Crippen molar-refractivity contribution in [2.24, 2.45) is 5.92 Å². The van der Waals surface area contributed by atoms with Gasteiger partial charge in [0, 0.05) is 30.5 Å². The van der Waals surface area contributed by atoms with E-state index >= 15 is 0 Å². The first kappa shape index (κ1) is 20.4. The van der Waals surface area contributed by atoms with Gasteiger partial charge in [-0.3, -0.25) is 4.79 Å². The van der Waals surface area contributed by atoms with Crippen molar-refractivity contribution in [1.29, 1.82) is 0 Å². The molecule has 5 rings (SSSR count). The third-order valence-electron chi connectivity index (χ3n) is 7.27. The maximum Gasteiger partial charge on any atom is 0.226 e. The normalized spacial score (nSPS) is 31.5. The largest absolute Gasteiger partial charge is 0.497 e. The van der Waals surface area contributed by atoms with Crippen LogP contribution in [-0.4, -0.2) is 40.7 Å². The zero-order chi connectivity index (χ0) is 21.8. The van der Waals surface area contributed by atoms with E-state index in [2.05, 4.69) is 0 Å². The molecule has 1 saturated carbocycles. The van der Waals surface area contributed by atoms with Crippen molar-refractivity contribution in [1.82, 2.24) is 4.90 Å². The Bertz CT molecular complexity index is 996. The molecule has 0 radical (unpaired) electrons. The highest BCUT2D eigenvalue weighted by molar-refractivity contribution is 5.84. The van der Waals surface area contributed by atoms with Crippen molar-refractivity contribution in [3.63, 3.8) is 0 Å². The summed E-state index contributed by atoms with van der Waals surface area (Å²) in [6, 6.07) is 11.3. The Kier molecular flexibility index (Phi) is 5.00. The predicted molar refractivity (Wildman–Crippen MR) is 112 cm³/mol. The lowest BCUT2D eigenvalue weighted by atomic mass is 9.81. The molecule has 3 aliphatic rings. The summed E-state index contributed by atoms with van der Waals surface area (Å²) in [4.78, 5) is 15.3. The number of rotatable bonds is 5. The van der Waals surface area contributed by atoms with E-state index in [0.717, 1.165) is 36.6 Å². The molecular formula is C25H27F2NO3. The Labute approximate surface area is 180 Å². The number of piperidine rings is 1. The number of hydrogen-bond acceptors (Lipinski definition) is 3. The molecule has 1 aliphatic carbocycles. The van der Waals surface area contributed by atoms with E-state index in [1.165, 1.54) is 12.1 Å². The smallest absolute Gasteiger partial charge is 0.226 e. The van der Waals surface area contributed by atoms with Gasteiger partial charge in [0.15, 0.2) is 0 Å². The van der Waals surface area contributed by atoms with Crippen LogP contribution < -0.4 is 4.74 Å². The van der Waals surface area contributed by atoms with Gasteiger partial charge in [0.2, 0.25) is 5.91 Å². The van der Waals surface area contributed by atoms with Gasteiger partial charge in [0.25, 0.3) is 0 Å². The lowest BCUT2D eigenvalue weighted by Crippen LogP contribution is -2.54. The molecule has 2 saturated heterocycles. The van der Waals surface area contributed by atoms with Crippen LogP contribution in [0, 0.1) is 17.6 Å². The number of benzene rings is 2. The van der Waals surface area contributed by atoms with Gasteiger partial charge < -0.3 is 14.7 Å². The Hall–Kier alpha value is -2.47. The van der Waals surface area contributed by atoms with E-state index in [4.69, 9.17) is 4.74 Å². The van der Waals surface area contributed by atoms with E-state index < -0.39 is 17.2 Å². The van der Waals surface area contributed by atoms with Crippen LogP contribution in [0.5, 0.6) is 5.75 Å². The summed E-state index contributed by atoms with van der Waals surface area (Å²) in [7, 11) is 1.64. The Morgan fingerprint density at radius 2 is 1.90 bits per heavy atom.